The third-order valence-electron chi connectivity index (χ3n) is 4.53. The van der Waals surface area contributed by atoms with Gasteiger partial charge in [-0.1, -0.05) is 13.0 Å². The molecule has 0 amide bonds. The molecule has 1 heterocycles. The Morgan fingerprint density at radius 3 is 3.05 bits per heavy atom. The third kappa shape index (κ3) is 3.78. The van der Waals surface area contributed by atoms with E-state index in [0.29, 0.717) is 12.6 Å². The van der Waals surface area contributed by atoms with Gasteiger partial charge in [-0.2, -0.15) is 0 Å². The molecule has 0 bridgehead atoms. The highest BCUT2D eigenvalue weighted by Gasteiger charge is 2.21. The van der Waals surface area contributed by atoms with Gasteiger partial charge in [-0.15, -0.1) is 0 Å². The molecule has 1 aliphatic heterocycles. The Morgan fingerprint density at radius 2 is 2.24 bits per heavy atom. The predicted octanol–water partition coefficient (Wildman–Crippen LogP) is 3.62. The molecule has 0 saturated carbocycles. The van der Waals surface area contributed by atoms with Gasteiger partial charge in [-0.05, 0) is 68.3 Å². The van der Waals surface area contributed by atoms with Gasteiger partial charge in [0.1, 0.15) is 12.4 Å². The van der Waals surface area contributed by atoms with Crippen LogP contribution in [0.4, 0.5) is 0 Å². The molecule has 2 atom stereocenters. The maximum absolute atomic E-state index is 5.96. The van der Waals surface area contributed by atoms with Crippen LogP contribution in [0.5, 0.6) is 5.75 Å². The lowest BCUT2D eigenvalue weighted by molar-refractivity contribution is 0.0679. The second-order valence-electron chi connectivity index (χ2n) is 6.21. The average Bonchev–Trinajstić information content (AvgIpc) is 3.04. The normalized spacial score (nSPS) is 24.8. The van der Waals surface area contributed by atoms with Gasteiger partial charge in [0.15, 0.2) is 0 Å². The Kier molecular flexibility index (Phi) is 5.15. The van der Waals surface area contributed by atoms with Crippen molar-refractivity contribution in [3.8, 4) is 5.75 Å². The lowest BCUT2D eigenvalue weighted by Gasteiger charge is -2.27. The van der Waals surface area contributed by atoms with Crippen molar-refractivity contribution in [1.29, 1.82) is 0 Å². The first-order chi connectivity index (χ1) is 10.4. The summed E-state index contributed by atoms with van der Waals surface area (Å²) in [4.78, 5) is 0. The maximum Gasteiger partial charge on any atom is 0.119 e. The first-order valence-corrected chi connectivity index (χ1v) is 8.47. The molecule has 3 nitrogen and oxygen atoms in total. The summed E-state index contributed by atoms with van der Waals surface area (Å²) >= 11 is 0. The number of hydrogen-bond donors (Lipinski definition) is 1. The largest absolute Gasteiger partial charge is 0.491 e. The number of hydrogen-bond acceptors (Lipinski definition) is 3. The summed E-state index contributed by atoms with van der Waals surface area (Å²) in [5.41, 5.74) is 2.93. The number of nitrogens with one attached hydrogen (secondary N) is 1. The van der Waals surface area contributed by atoms with E-state index in [1.165, 1.54) is 43.2 Å². The summed E-state index contributed by atoms with van der Waals surface area (Å²) in [6.07, 6.45) is 7.49. The molecule has 3 heteroatoms. The highest BCUT2D eigenvalue weighted by Crippen LogP contribution is 2.32. The van der Waals surface area contributed by atoms with E-state index in [0.717, 1.165) is 25.3 Å². The van der Waals surface area contributed by atoms with E-state index in [4.69, 9.17) is 9.47 Å². The molecule has 1 aromatic rings. The molecule has 0 spiro atoms. The standard InChI is InChI=1S/C18H27NO2/c1-2-10-19-18-7-3-5-14-8-9-15(12-17(14)18)21-13-16-6-4-11-20-16/h8-9,12,16,18-19H,2-7,10-11,13H2,1H3. The van der Waals surface area contributed by atoms with Gasteiger partial charge in [0, 0.05) is 12.6 Å². The van der Waals surface area contributed by atoms with E-state index >= 15 is 0 Å². The van der Waals surface area contributed by atoms with Gasteiger partial charge in [-0.3, -0.25) is 0 Å². The summed E-state index contributed by atoms with van der Waals surface area (Å²) in [5.74, 6) is 0.995. The van der Waals surface area contributed by atoms with Crippen LogP contribution in [0.1, 0.15) is 56.2 Å². The van der Waals surface area contributed by atoms with Gasteiger partial charge in [-0.25, -0.2) is 0 Å². The zero-order chi connectivity index (χ0) is 14.5. The van der Waals surface area contributed by atoms with Crippen molar-refractivity contribution in [2.45, 2.75) is 57.6 Å². The van der Waals surface area contributed by atoms with Crippen LogP contribution in [0.25, 0.3) is 0 Å². The fourth-order valence-electron chi connectivity index (χ4n) is 3.36. The number of fused-ring (bicyclic) bond motifs is 1. The molecule has 1 saturated heterocycles. The third-order valence-corrected chi connectivity index (χ3v) is 4.53. The summed E-state index contributed by atoms with van der Waals surface area (Å²) in [5, 5.41) is 3.67. The molecule has 1 fully saturated rings. The minimum atomic E-state index is 0.287. The van der Waals surface area contributed by atoms with Crippen LogP contribution in [-0.2, 0) is 11.2 Å². The molecule has 0 radical (unpaired) electrons. The molecule has 116 valence electrons. The lowest BCUT2D eigenvalue weighted by atomic mass is 9.87. The zero-order valence-electron chi connectivity index (χ0n) is 13.1. The van der Waals surface area contributed by atoms with E-state index in [1.807, 2.05) is 0 Å². The fourth-order valence-corrected chi connectivity index (χ4v) is 3.36. The molecular weight excluding hydrogens is 262 g/mol. The van der Waals surface area contributed by atoms with Crippen molar-refractivity contribution in [1.82, 2.24) is 5.32 Å². The fraction of sp³-hybridized carbons (Fsp3) is 0.667. The molecule has 2 unspecified atom stereocenters. The minimum absolute atomic E-state index is 0.287. The van der Waals surface area contributed by atoms with E-state index in [-0.39, 0.29) is 6.10 Å². The second kappa shape index (κ2) is 7.28. The molecule has 1 aliphatic carbocycles. The first kappa shape index (κ1) is 14.9. The smallest absolute Gasteiger partial charge is 0.119 e. The van der Waals surface area contributed by atoms with Crippen LogP contribution in [0.2, 0.25) is 0 Å². The van der Waals surface area contributed by atoms with Crippen LogP contribution in [-0.4, -0.2) is 25.9 Å². The predicted molar refractivity (Wildman–Crippen MR) is 84.9 cm³/mol. The number of aryl methyl sites for hydroxylation is 1. The number of ether oxygens (including phenoxy) is 2. The topological polar surface area (TPSA) is 30.5 Å². The van der Waals surface area contributed by atoms with E-state index < -0.39 is 0 Å². The summed E-state index contributed by atoms with van der Waals surface area (Å²) in [6, 6.07) is 7.12. The minimum Gasteiger partial charge on any atom is -0.491 e. The molecule has 1 N–H and O–H groups in total. The van der Waals surface area contributed by atoms with Crippen molar-refractivity contribution < 1.29 is 9.47 Å². The van der Waals surface area contributed by atoms with Gasteiger partial charge < -0.3 is 14.8 Å². The first-order valence-electron chi connectivity index (χ1n) is 8.47. The summed E-state index contributed by atoms with van der Waals surface area (Å²) < 4.78 is 11.6. The highest BCUT2D eigenvalue weighted by atomic mass is 16.5. The Hall–Kier alpha value is -1.06. The van der Waals surface area contributed by atoms with Crippen LogP contribution in [0, 0.1) is 0 Å². The van der Waals surface area contributed by atoms with E-state index in [9.17, 15) is 0 Å². The molecule has 2 aliphatic rings. The van der Waals surface area contributed by atoms with Crippen molar-refractivity contribution in [3.63, 3.8) is 0 Å². The Balaban J connectivity index is 1.65. The maximum atomic E-state index is 5.96. The monoisotopic (exact) mass is 289 g/mol. The van der Waals surface area contributed by atoms with E-state index in [2.05, 4.69) is 30.4 Å². The summed E-state index contributed by atoms with van der Waals surface area (Å²) in [6.45, 7) is 4.88. The Labute approximate surface area is 128 Å². The van der Waals surface area contributed by atoms with Crippen molar-refractivity contribution in [3.05, 3.63) is 29.3 Å². The Morgan fingerprint density at radius 1 is 1.29 bits per heavy atom. The number of rotatable bonds is 6. The highest BCUT2D eigenvalue weighted by molar-refractivity contribution is 5.39. The van der Waals surface area contributed by atoms with E-state index in [1.54, 1.807) is 0 Å². The molecule has 1 aromatic carbocycles. The molecule has 0 aromatic heterocycles. The van der Waals surface area contributed by atoms with Gasteiger partial charge in [0.05, 0.1) is 6.10 Å². The van der Waals surface area contributed by atoms with Gasteiger partial charge in [0.25, 0.3) is 0 Å². The summed E-state index contributed by atoms with van der Waals surface area (Å²) in [7, 11) is 0. The SMILES string of the molecule is CCCNC1CCCc2ccc(OCC3CCCO3)cc21. The second-order valence-corrected chi connectivity index (χ2v) is 6.21. The zero-order valence-corrected chi connectivity index (χ0v) is 13.1. The van der Waals surface area contributed by atoms with Crippen molar-refractivity contribution in [2.75, 3.05) is 19.8 Å². The van der Waals surface area contributed by atoms with Crippen molar-refractivity contribution in [2.24, 2.45) is 0 Å². The Bertz CT molecular complexity index is 455. The van der Waals surface area contributed by atoms with Crippen LogP contribution in [0.3, 0.4) is 0 Å². The number of benzene rings is 1. The van der Waals surface area contributed by atoms with Crippen LogP contribution in [0.15, 0.2) is 18.2 Å². The molecular formula is C18H27NO2. The van der Waals surface area contributed by atoms with Crippen LogP contribution < -0.4 is 10.1 Å². The van der Waals surface area contributed by atoms with Crippen molar-refractivity contribution >= 4 is 0 Å². The molecule has 21 heavy (non-hydrogen) atoms. The van der Waals surface area contributed by atoms with Gasteiger partial charge >= 0.3 is 0 Å². The van der Waals surface area contributed by atoms with Gasteiger partial charge in [0.2, 0.25) is 0 Å². The average molecular weight is 289 g/mol. The lowest BCUT2D eigenvalue weighted by Crippen LogP contribution is -2.26. The quantitative estimate of drug-likeness (QED) is 0.867. The molecule has 3 rings (SSSR count). The van der Waals surface area contributed by atoms with Crippen LogP contribution >= 0.6 is 0 Å².